The average Bonchev–Trinajstić information content (AvgIpc) is 2.54. The molecule has 0 bridgehead atoms. The number of carbonyl (C=O) groups is 1. The first-order valence-corrected chi connectivity index (χ1v) is 8.75. The van der Waals surface area contributed by atoms with Gasteiger partial charge < -0.3 is 14.8 Å². The Bertz CT molecular complexity index is 701. The molecule has 0 saturated heterocycles. The van der Waals surface area contributed by atoms with E-state index in [9.17, 15) is 4.79 Å². The van der Waals surface area contributed by atoms with Crippen molar-refractivity contribution >= 4 is 27.5 Å². The van der Waals surface area contributed by atoms with Crippen molar-refractivity contribution in [2.75, 3.05) is 18.5 Å². The lowest BCUT2D eigenvalue weighted by Crippen LogP contribution is -2.15. The highest BCUT2D eigenvalue weighted by Crippen LogP contribution is 2.25. The van der Waals surface area contributed by atoms with Gasteiger partial charge in [-0.05, 0) is 43.2 Å². The van der Waals surface area contributed by atoms with Gasteiger partial charge in [-0.15, -0.1) is 0 Å². The molecule has 0 heterocycles. The minimum absolute atomic E-state index is 0.219. The fourth-order valence-electron chi connectivity index (χ4n) is 2.09. The van der Waals surface area contributed by atoms with Gasteiger partial charge in [-0.3, -0.25) is 4.79 Å². The van der Waals surface area contributed by atoms with Gasteiger partial charge in [0.05, 0.1) is 18.8 Å². The van der Waals surface area contributed by atoms with E-state index in [-0.39, 0.29) is 5.91 Å². The summed E-state index contributed by atoms with van der Waals surface area (Å²) in [4.78, 5) is 12.6. The van der Waals surface area contributed by atoms with Crippen LogP contribution in [0.3, 0.4) is 0 Å². The van der Waals surface area contributed by atoms with Crippen molar-refractivity contribution in [3.8, 4) is 11.5 Å². The molecule has 0 spiro atoms. The molecule has 1 N–H and O–H groups in total. The van der Waals surface area contributed by atoms with Gasteiger partial charge >= 0.3 is 0 Å². The van der Waals surface area contributed by atoms with E-state index in [1.807, 2.05) is 31.2 Å². The van der Waals surface area contributed by atoms with E-state index >= 15 is 0 Å². The molecule has 0 aromatic heterocycles. The first-order valence-electron chi connectivity index (χ1n) is 7.96. The minimum atomic E-state index is -0.219. The maximum Gasteiger partial charge on any atom is 0.259 e. The van der Waals surface area contributed by atoms with Crippen LogP contribution in [0.2, 0.25) is 0 Å². The summed E-state index contributed by atoms with van der Waals surface area (Å²) >= 11 is 3.41. The van der Waals surface area contributed by atoms with Gasteiger partial charge in [-0.1, -0.05) is 35.8 Å². The maximum atomic E-state index is 12.6. The molecule has 24 heavy (non-hydrogen) atoms. The first kappa shape index (κ1) is 18.3. The number of rotatable bonds is 7. The molecule has 2 rings (SSSR count). The molecule has 4 nitrogen and oxygen atoms in total. The highest BCUT2D eigenvalue weighted by molar-refractivity contribution is 9.10. The lowest BCUT2D eigenvalue weighted by atomic mass is 10.1. The second kappa shape index (κ2) is 8.73. The van der Waals surface area contributed by atoms with Crippen LogP contribution < -0.4 is 14.8 Å². The second-order valence-corrected chi connectivity index (χ2v) is 6.68. The summed E-state index contributed by atoms with van der Waals surface area (Å²) in [6.45, 7) is 7.19. The van der Waals surface area contributed by atoms with Crippen LogP contribution in [0.15, 0.2) is 46.9 Å². The number of anilines is 1. The SMILES string of the molecule is CCOc1cccc(NC(=O)c2cc(Br)ccc2OCC(C)C)c1. The molecule has 5 heteroatoms. The standard InChI is InChI=1S/C19H22BrNO3/c1-4-23-16-7-5-6-15(11-16)21-19(22)17-10-14(20)8-9-18(17)24-12-13(2)3/h5-11,13H,4,12H2,1-3H3,(H,21,22). The lowest BCUT2D eigenvalue weighted by molar-refractivity contribution is 0.102. The van der Waals surface area contributed by atoms with Crippen molar-refractivity contribution < 1.29 is 14.3 Å². The number of halogens is 1. The van der Waals surface area contributed by atoms with Crippen LogP contribution in [0.1, 0.15) is 31.1 Å². The Morgan fingerprint density at radius 1 is 1.17 bits per heavy atom. The summed E-state index contributed by atoms with van der Waals surface area (Å²) in [7, 11) is 0. The van der Waals surface area contributed by atoms with Gasteiger partial charge in [0, 0.05) is 16.2 Å². The quantitative estimate of drug-likeness (QED) is 0.710. The molecule has 0 fully saturated rings. The number of hydrogen-bond acceptors (Lipinski definition) is 3. The number of amides is 1. The molecule has 0 radical (unpaired) electrons. The second-order valence-electron chi connectivity index (χ2n) is 5.76. The van der Waals surface area contributed by atoms with Crippen LogP contribution in [-0.2, 0) is 0 Å². The highest BCUT2D eigenvalue weighted by atomic mass is 79.9. The van der Waals surface area contributed by atoms with Crippen molar-refractivity contribution in [3.05, 3.63) is 52.5 Å². The average molecular weight is 392 g/mol. The third-order valence-electron chi connectivity index (χ3n) is 3.16. The van der Waals surface area contributed by atoms with E-state index in [2.05, 4.69) is 35.1 Å². The zero-order valence-electron chi connectivity index (χ0n) is 14.1. The fraction of sp³-hybridized carbons (Fsp3) is 0.316. The summed E-state index contributed by atoms with van der Waals surface area (Å²) in [5.74, 6) is 1.46. The molecule has 0 aliphatic carbocycles. The Kier molecular flexibility index (Phi) is 6.67. The Balaban J connectivity index is 2.19. The Morgan fingerprint density at radius 2 is 1.96 bits per heavy atom. The van der Waals surface area contributed by atoms with E-state index < -0.39 is 0 Å². The van der Waals surface area contributed by atoms with E-state index in [4.69, 9.17) is 9.47 Å². The number of benzene rings is 2. The van der Waals surface area contributed by atoms with Crippen molar-refractivity contribution in [1.29, 1.82) is 0 Å². The van der Waals surface area contributed by atoms with Crippen LogP contribution in [0.4, 0.5) is 5.69 Å². The Labute approximate surface area is 151 Å². The molecule has 2 aromatic rings. The maximum absolute atomic E-state index is 12.6. The predicted molar refractivity (Wildman–Crippen MR) is 100 cm³/mol. The molecule has 0 aliphatic rings. The molecular weight excluding hydrogens is 370 g/mol. The molecule has 0 aliphatic heterocycles. The van der Waals surface area contributed by atoms with E-state index in [0.29, 0.717) is 36.1 Å². The topological polar surface area (TPSA) is 47.6 Å². The summed E-state index contributed by atoms with van der Waals surface area (Å²) in [6.07, 6.45) is 0. The lowest BCUT2D eigenvalue weighted by Gasteiger charge is -2.14. The van der Waals surface area contributed by atoms with Crippen molar-refractivity contribution in [1.82, 2.24) is 0 Å². The van der Waals surface area contributed by atoms with E-state index in [0.717, 1.165) is 10.2 Å². The van der Waals surface area contributed by atoms with Gasteiger partial charge in [0.25, 0.3) is 5.91 Å². The third-order valence-corrected chi connectivity index (χ3v) is 3.65. The summed E-state index contributed by atoms with van der Waals surface area (Å²) in [5, 5.41) is 2.89. The molecule has 0 saturated carbocycles. The minimum Gasteiger partial charge on any atom is -0.494 e. The molecule has 0 unspecified atom stereocenters. The first-order chi connectivity index (χ1) is 11.5. The Morgan fingerprint density at radius 3 is 2.67 bits per heavy atom. The normalized spacial score (nSPS) is 10.5. The van der Waals surface area contributed by atoms with Crippen LogP contribution in [0, 0.1) is 5.92 Å². The number of nitrogens with one attached hydrogen (secondary N) is 1. The fourth-order valence-corrected chi connectivity index (χ4v) is 2.45. The summed E-state index contributed by atoms with van der Waals surface area (Å²) in [6, 6.07) is 12.8. The molecule has 0 atom stereocenters. The third kappa shape index (κ3) is 5.27. The van der Waals surface area contributed by atoms with E-state index in [1.165, 1.54) is 0 Å². The van der Waals surface area contributed by atoms with Crippen molar-refractivity contribution in [2.45, 2.75) is 20.8 Å². The van der Waals surface area contributed by atoms with Crippen LogP contribution in [0.25, 0.3) is 0 Å². The molecule has 1 amide bonds. The molecule has 2 aromatic carbocycles. The monoisotopic (exact) mass is 391 g/mol. The van der Waals surface area contributed by atoms with Crippen molar-refractivity contribution in [2.24, 2.45) is 5.92 Å². The van der Waals surface area contributed by atoms with Crippen LogP contribution in [-0.4, -0.2) is 19.1 Å². The van der Waals surface area contributed by atoms with Crippen LogP contribution >= 0.6 is 15.9 Å². The van der Waals surface area contributed by atoms with Gasteiger partial charge in [0.1, 0.15) is 11.5 Å². The molecule has 128 valence electrons. The number of carbonyl (C=O) groups excluding carboxylic acids is 1. The van der Waals surface area contributed by atoms with Crippen LogP contribution in [0.5, 0.6) is 11.5 Å². The summed E-state index contributed by atoms with van der Waals surface area (Å²) in [5.41, 5.74) is 1.17. The Hall–Kier alpha value is -2.01. The molecular formula is C19H22BrNO3. The van der Waals surface area contributed by atoms with Gasteiger partial charge in [0.2, 0.25) is 0 Å². The van der Waals surface area contributed by atoms with Gasteiger partial charge in [-0.2, -0.15) is 0 Å². The van der Waals surface area contributed by atoms with Gasteiger partial charge in [0.15, 0.2) is 0 Å². The summed E-state index contributed by atoms with van der Waals surface area (Å²) < 4.78 is 12.1. The van der Waals surface area contributed by atoms with Gasteiger partial charge in [-0.25, -0.2) is 0 Å². The smallest absolute Gasteiger partial charge is 0.259 e. The zero-order valence-corrected chi connectivity index (χ0v) is 15.7. The van der Waals surface area contributed by atoms with Crippen molar-refractivity contribution in [3.63, 3.8) is 0 Å². The van der Waals surface area contributed by atoms with E-state index in [1.54, 1.807) is 18.2 Å². The zero-order chi connectivity index (χ0) is 17.5. The number of hydrogen-bond donors (Lipinski definition) is 1. The highest BCUT2D eigenvalue weighted by Gasteiger charge is 2.14. The predicted octanol–water partition coefficient (Wildman–Crippen LogP) is 5.13. The largest absolute Gasteiger partial charge is 0.494 e. The number of ether oxygens (including phenoxy) is 2.